The van der Waals surface area contributed by atoms with Crippen LogP contribution >= 0.6 is 11.6 Å². The second kappa shape index (κ2) is 5.35. The standard InChI is InChI=1S/C21H29ClO4/c1-10(2)15-5-13-7-19(9-23)16-6-17(22)11(3)14(16)8-20(13,12(4)24)21(15,19)18(25)26/h5,9-14,16-17,24H,6-8H2,1-4H3,(H,25,26)/t11?,12?,13-,14?,16?,17?,19-,20-,21-/m0/s1. The van der Waals surface area contributed by atoms with Crippen LogP contribution in [0.3, 0.4) is 0 Å². The Morgan fingerprint density at radius 2 is 2.00 bits per heavy atom. The zero-order valence-corrected chi connectivity index (χ0v) is 16.7. The summed E-state index contributed by atoms with van der Waals surface area (Å²) in [6.07, 6.45) is 4.11. The van der Waals surface area contributed by atoms with E-state index in [1.54, 1.807) is 6.92 Å². The molecule has 0 spiro atoms. The summed E-state index contributed by atoms with van der Waals surface area (Å²) in [5, 5.41) is 21.6. The van der Waals surface area contributed by atoms with Crippen molar-refractivity contribution in [2.24, 2.45) is 45.8 Å². The number of carboxylic acids is 1. The van der Waals surface area contributed by atoms with Crippen molar-refractivity contribution in [2.45, 2.75) is 58.4 Å². The molecule has 5 unspecified atom stereocenters. The number of hydrogen-bond acceptors (Lipinski definition) is 3. The minimum atomic E-state index is -1.31. The fraction of sp³-hybridized carbons (Fsp3) is 0.810. The first-order chi connectivity index (χ1) is 12.1. The van der Waals surface area contributed by atoms with Gasteiger partial charge in [0.2, 0.25) is 0 Å². The number of aliphatic hydroxyl groups is 1. The molecule has 4 aliphatic carbocycles. The topological polar surface area (TPSA) is 74.6 Å². The second-order valence-electron chi connectivity index (χ2n) is 9.60. The summed E-state index contributed by atoms with van der Waals surface area (Å²) in [6.45, 7) is 7.84. The third-order valence-electron chi connectivity index (χ3n) is 8.80. The Kier molecular flexibility index (Phi) is 3.80. The van der Waals surface area contributed by atoms with Crippen LogP contribution in [-0.4, -0.2) is 33.9 Å². The van der Waals surface area contributed by atoms with Crippen molar-refractivity contribution in [3.63, 3.8) is 0 Å². The number of aldehydes is 1. The smallest absolute Gasteiger partial charge is 0.315 e. The number of fused-ring (bicyclic) bond motifs is 2. The molecule has 3 saturated carbocycles. The summed E-state index contributed by atoms with van der Waals surface area (Å²) in [5.41, 5.74) is -2.24. The number of aliphatic hydroxyl groups excluding tert-OH is 1. The Balaban J connectivity index is 2.05. The molecule has 9 atom stereocenters. The molecular formula is C21H29ClO4. The highest BCUT2D eigenvalue weighted by molar-refractivity contribution is 6.21. The van der Waals surface area contributed by atoms with Crippen molar-refractivity contribution in [3.05, 3.63) is 11.6 Å². The van der Waals surface area contributed by atoms with Gasteiger partial charge in [0.05, 0.1) is 11.5 Å². The Morgan fingerprint density at radius 1 is 1.35 bits per heavy atom. The molecule has 0 aromatic heterocycles. The maximum atomic E-state index is 13.0. The molecule has 0 aromatic carbocycles. The highest BCUT2D eigenvalue weighted by Crippen LogP contribution is 2.83. The number of allylic oxidation sites excluding steroid dienone is 1. The van der Waals surface area contributed by atoms with Crippen LogP contribution in [0, 0.1) is 45.8 Å². The molecular weight excluding hydrogens is 352 g/mol. The van der Waals surface area contributed by atoms with E-state index in [9.17, 15) is 19.8 Å². The van der Waals surface area contributed by atoms with Crippen molar-refractivity contribution in [1.29, 1.82) is 0 Å². The van der Waals surface area contributed by atoms with Crippen LogP contribution in [0.15, 0.2) is 11.6 Å². The predicted molar refractivity (Wildman–Crippen MR) is 98.7 cm³/mol. The molecule has 4 nitrogen and oxygen atoms in total. The van der Waals surface area contributed by atoms with Gasteiger partial charge in [-0.05, 0) is 55.8 Å². The van der Waals surface area contributed by atoms with Crippen LogP contribution in [0.4, 0.5) is 0 Å². The number of carbonyl (C=O) groups excluding carboxylic acids is 1. The SMILES string of the molecule is CC(C)C1=C[C@H]2C[C@]3(C=O)C4CC(Cl)C(C)C4C[C@@]2(C(C)O)[C@]13C(=O)O. The Morgan fingerprint density at radius 3 is 2.50 bits per heavy atom. The summed E-state index contributed by atoms with van der Waals surface area (Å²) < 4.78 is 0. The van der Waals surface area contributed by atoms with E-state index in [-0.39, 0.29) is 35.0 Å². The summed E-state index contributed by atoms with van der Waals surface area (Å²) >= 11 is 6.60. The lowest BCUT2D eigenvalue weighted by atomic mass is 9.42. The second-order valence-corrected chi connectivity index (χ2v) is 10.2. The number of alkyl halides is 1. The Bertz CT molecular complexity index is 700. The molecule has 0 aromatic rings. The van der Waals surface area contributed by atoms with Crippen LogP contribution < -0.4 is 0 Å². The van der Waals surface area contributed by atoms with Gasteiger partial charge in [0, 0.05) is 10.8 Å². The van der Waals surface area contributed by atoms with Gasteiger partial charge in [0.15, 0.2) is 0 Å². The number of hydrogen-bond donors (Lipinski definition) is 2. The highest BCUT2D eigenvalue weighted by atomic mass is 35.5. The monoisotopic (exact) mass is 380 g/mol. The summed E-state index contributed by atoms with van der Waals surface area (Å²) in [5.74, 6) is -0.578. The lowest BCUT2D eigenvalue weighted by molar-refractivity contribution is -0.191. The maximum absolute atomic E-state index is 13.0. The third-order valence-corrected chi connectivity index (χ3v) is 9.38. The number of carbonyl (C=O) groups is 2. The fourth-order valence-electron chi connectivity index (χ4n) is 7.97. The van der Waals surface area contributed by atoms with E-state index < -0.39 is 28.3 Å². The molecule has 2 N–H and O–H groups in total. The van der Waals surface area contributed by atoms with E-state index in [1.807, 2.05) is 13.8 Å². The average Bonchev–Trinajstić information content (AvgIpc) is 3.10. The zero-order valence-electron chi connectivity index (χ0n) is 15.9. The number of aliphatic carboxylic acids is 1. The molecule has 4 aliphatic rings. The van der Waals surface area contributed by atoms with E-state index in [2.05, 4.69) is 13.0 Å². The van der Waals surface area contributed by atoms with E-state index in [1.165, 1.54) is 0 Å². The van der Waals surface area contributed by atoms with Crippen LogP contribution in [0.2, 0.25) is 0 Å². The molecule has 0 amide bonds. The fourth-order valence-corrected chi connectivity index (χ4v) is 8.35. The Labute approximate surface area is 160 Å². The maximum Gasteiger partial charge on any atom is 0.315 e. The van der Waals surface area contributed by atoms with Gasteiger partial charge >= 0.3 is 5.97 Å². The van der Waals surface area contributed by atoms with Crippen molar-refractivity contribution >= 4 is 23.9 Å². The number of halogens is 1. The van der Waals surface area contributed by atoms with E-state index >= 15 is 0 Å². The van der Waals surface area contributed by atoms with Crippen LogP contribution in [0.1, 0.15) is 47.0 Å². The molecule has 0 saturated heterocycles. The average molecular weight is 381 g/mol. The largest absolute Gasteiger partial charge is 0.481 e. The van der Waals surface area contributed by atoms with Crippen LogP contribution in [0.5, 0.6) is 0 Å². The third kappa shape index (κ3) is 1.60. The highest BCUT2D eigenvalue weighted by Gasteiger charge is 2.85. The molecule has 144 valence electrons. The first-order valence-corrected chi connectivity index (χ1v) is 10.3. The van der Waals surface area contributed by atoms with Gasteiger partial charge in [-0.25, -0.2) is 0 Å². The minimum absolute atomic E-state index is 0.0204. The van der Waals surface area contributed by atoms with Gasteiger partial charge in [-0.1, -0.05) is 32.4 Å². The first kappa shape index (κ1) is 18.5. The van der Waals surface area contributed by atoms with Crippen molar-refractivity contribution < 1.29 is 19.8 Å². The number of carboxylic acid groups (broad SMARTS) is 1. The van der Waals surface area contributed by atoms with Crippen LogP contribution in [0.25, 0.3) is 0 Å². The van der Waals surface area contributed by atoms with E-state index in [0.29, 0.717) is 19.3 Å². The Hall–Kier alpha value is -0.870. The lowest BCUT2D eigenvalue weighted by Crippen LogP contribution is -2.65. The van der Waals surface area contributed by atoms with Gasteiger partial charge in [0.25, 0.3) is 0 Å². The molecule has 0 heterocycles. The van der Waals surface area contributed by atoms with Crippen LogP contribution in [-0.2, 0) is 9.59 Å². The van der Waals surface area contributed by atoms with Crippen molar-refractivity contribution in [1.82, 2.24) is 0 Å². The summed E-state index contributed by atoms with van der Waals surface area (Å²) in [6, 6.07) is 0. The van der Waals surface area contributed by atoms with E-state index in [0.717, 1.165) is 11.9 Å². The van der Waals surface area contributed by atoms with Gasteiger partial charge in [-0.3, -0.25) is 4.79 Å². The summed E-state index contributed by atoms with van der Waals surface area (Å²) in [4.78, 5) is 25.7. The van der Waals surface area contributed by atoms with Crippen molar-refractivity contribution in [3.8, 4) is 0 Å². The molecule has 5 heteroatoms. The first-order valence-electron chi connectivity index (χ1n) is 9.85. The van der Waals surface area contributed by atoms with Gasteiger partial charge < -0.3 is 15.0 Å². The molecule has 3 fully saturated rings. The minimum Gasteiger partial charge on any atom is -0.481 e. The van der Waals surface area contributed by atoms with Gasteiger partial charge in [-0.15, -0.1) is 11.6 Å². The lowest BCUT2D eigenvalue weighted by Gasteiger charge is -2.59. The van der Waals surface area contributed by atoms with Crippen molar-refractivity contribution in [2.75, 3.05) is 0 Å². The molecule has 26 heavy (non-hydrogen) atoms. The van der Waals surface area contributed by atoms with E-state index in [4.69, 9.17) is 11.6 Å². The summed E-state index contributed by atoms with van der Waals surface area (Å²) in [7, 11) is 0. The molecule has 4 rings (SSSR count). The van der Waals surface area contributed by atoms with Gasteiger partial charge in [0.1, 0.15) is 11.7 Å². The number of rotatable bonds is 4. The molecule has 4 bridgehead atoms. The van der Waals surface area contributed by atoms with Gasteiger partial charge in [-0.2, -0.15) is 0 Å². The molecule has 0 radical (unpaired) electrons. The normalized spacial score (nSPS) is 52.7. The molecule has 0 aliphatic heterocycles. The quantitative estimate of drug-likeness (QED) is 0.444. The zero-order chi connectivity index (χ0) is 19.2. The predicted octanol–water partition coefficient (Wildman–Crippen LogP) is 3.51.